The van der Waals surface area contributed by atoms with Gasteiger partial charge in [-0.05, 0) is 68.5 Å². The van der Waals surface area contributed by atoms with Gasteiger partial charge in [0.05, 0.1) is 92.6 Å². The number of nitrogens with zero attached hydrogens (tertiary/aromatic N) is 1. The van der Waals surface area contributed by atoms with Gasteiger partial charge in [-0.25, -0.2) is 14.4 Å². The van der Waals surface area contributed by atoms with Crippen molar-refractivity contribution in [2.45, 2.75) is 84.1 Å². The second-order valence-electron chi connectivity index (χ2n) is 16.4. The number of hydrogen-bond acceptors (Lipinski definition) is 20. The first kappa shape index (κ1) is 57.7. The Hall–Kier alpha value is -5.23. The number of esters is 4. The van der Waals surface area contributed by atoms with Gasteiger partial charge in [0.2, 0.25) is 18.3 Å². The molecule has 2 N–H and O–H groups in total. The van der Waals surface area contributed by atoms with Crippen molar-refractivity contribution in [2.24, 2.45) is 17.8 Å². The molecule has 1 aromatic heterocycles. The number of carbonyl (C=O) groups excluding carboxylic acids is 7. The van der Waals surface area contributed by atoms with E-state index in [0.717, 1.165) is 53.6 Å². The number of alkyl carbamates (subject to hydrolysis) is 2. The molecule has 1 aromatic carbocycles. The molecule has 72 heavy (non-hydrogen) atoms. The Morgan fingerprint density at radius 1 is 0.694 bits per heavy atom. The summed E-state index contributed by atoms with van der Waals surface area (Å²) in [5, 5.41) is 5.57. The summed E-state index contributed by atoms with van der Waals surface area (Å²) >= 11 is 7.06. The Morgan fingerprint density at radius 3 is 1.79 bits per heavy atom. The van der Waals surface area contributed by atoms with Gasteiger partial charge in [0.25, 0.3) is 0 Å². The van der Waals surface area contributed by atoms with Crippen molar-refractivity contribution in [1.82, 2.24) is 15.2 Å². The highest BCUT2D eigenvalue weighted by Gasteiger charge is 2.56. The predicted octanol–water partition coefficient (Wildman–Crippen LogP) is 4.24. The van der Waals surface area contributed by atoms with Gasteiger partial charge in [-0.1, -0.05) is 0 Å². The number of hydrogen-bond donors (Lipinski definition) is 2. The highest BCUT2D eigenvalue weighted by atomic mass is 79.9. The molecular weight excluding hydrogens is 1090 g/mol. The molecule has 1 saturated carbocycles. The first-order chi connectivity index (χ1) is 34.6. The molecule has 5 rings (SSSR count). The van der Waals surface area contributed by atoms with E-state index in [1.807, 2.05) is 0 Å². The van der Waals surface area contributed by atoms with E-state index >= 15 is 0 Å². The maximum Gasteiger partial charge on any atom is 0.407 e. The lowest BCUT2D eigenvalue weighted by Crippen LogP contribution is -2.64. The van der Waals surface area contributed by atoms with E-state index in [9.17, 15) is 33.6 Å². The van der Waals surface area contributed by atoms with E-state index in [-0.39, 0.29) is 64.3 Å². The molecular formula is C47H61Br2N3O20. The Bertz CT molecular complexity index is 2250. The maximum absolute atomic E-state index is 13.0. The number of rotatable bonds is 27. The third-order valence-electron chi connectivity index (χ3n) is 11.3. The first-order valence-corrected chi connectivity index (χ1v) is 24.9. The van der Waals surface area contributed by atoms with Crippen LogP contribution in [0.4, 0.5) is 9.59 Å². The van der Waals surface area contributed by atoms with Crippen molar-refractivity contribution >= 4 is 84.7 Å². The molecule has 0 bridgehead atoms. The lowest BCUT2D eigenvalue weighted by atomic mass is 9.97. The van der Waals surface area contributed by atoms with Crippen LogP contribution in [-0.2, 0) is 71.3 Å². The SMILES string of the molecule is COC(=O)[C@H]1O[C@@H](Oc2cn(C(C)=O)c3cc(Br)c(OCCOCCOCCOC(=O)NCCOCCOCCNC(=O)OC[C@@H]4[C@@H]5CCC#CCC[C@@H]54)c(Br)c23)[C@H](OC(C)=O)[C@@H](OC(C)=O)[C@@H]1OC(C)=O. The molecule has 2 aromatic rings. The van der Waals surface area contributed by atoms with Gasteiger partial charge in [0, 0.05) is 53.6 Å². The Kier molecular flexibility index (Phi) is 23.6. The van der Waals surface area contributed by atoms with Crippen LogP contribution in [0.5, 0.6) is 11.5 Å². The molecule has 2 amide bonds. The molecule has 23 nitrogen and oxygen atoms in total. The summed E-state index contributed by atoms with van der Waals surface area (Å²) in [7, 11) is 1.06. The van der Waals surface area contributed by atoms with Gasteiger partial charge in [0.1, 0.15) is 24.7 Å². The quantitative estimate of drug-likeness (QED) is 0.0548. The van der Waals surface area contributed by atoms with Gasteiger partial charge in [-0.3, -0.25) is 23.7 Å². The Morgan fingerprint density at radius 2 is 1.22 bits per heavy atom. The van der Waals surface area contributed by atoms with Crippen LogP contribution in [0.25, 0.3) is 10.9 Å². The van der Waals surface area contributed by atoms with Gasteiger partial charge < -0.3 is 72.2 Å². The number of carbonyl (C=O) groups is 7. The molecule has 0 radical (unpaired) electrons. The summed E-state index contributed by atoms with van der Waals surface area (Å²) in [6.07, 6.45) is -3.96. The lowest BCUT2D eigenvalue weighted by molar-refractivity contribution is -0.282. The molecule has 8 atom stereocenters. The van der Waals surface area contributed by atoms with E-state index in [1.54, 1.807) is 6.07 Å². The fraction of sp³-hybridized carbons (Fsp3) is 0.638. The van der Waals surface area contributed by atoms with E-state index < -0.39 is 72.7 Å². The van der Waals surface area contributed by atoms with Crippen molar-refractivity contribution in [3.63, 3.8) is 0 Å². The van der Waals surface area contributed by atoms with Gasteiger partial charge in [0.15, 0.2) is 18.3 Å². The lowest BCUT2D eigenvalue weighted by Gasteiger charge is -2.43. The third kappa shape index (κ3) is 17.5. The molecule has 2 fully saturated rings. The molecule has 2 heterocycles. The zero-order valence-corrected chi connectivity index (χ0v) is 43.8. The van der Waals surface area contributed by atoms with E-state index in [1.165, 1.54) is 17.7 Å². The van der Waals surface area contributed by atoms with Crippen LogP contribution in [0.2, 0.25) is 0 Å². The standard InChI is InChI=1S/C47H61Br2N3O20/c1-27(53)52-25-36(71-45-43(70-30(4)56)41(69-29(3)55)40(68-28(2)54)42(72-45)44(57)60-5)37-35(52)24-34(48)39(38(37)49)65-22-20-63-18-19-64-21-23-66-46(58)50-12-14-61-16-17-62-15-13-51-47(59)67-26-33-31-10-8-6-7-9-11-32(31)33/h24-25,31-33,40-43,45H,8-23,26H2,1-5H3,(H,50,58)(H,51,59)/t31-,32+,33-,40-,41-,42-,43+,45+/m0/s1. The van der Waals surface area contributed by atoms with Gasteiger partial charge in [-0.2, -0.15) is 0 Å². The molecule has 0 spiro atoms. The molecule has 1 aliphatic heterocycles. The average Bonchev–Trinajstić information content (AvgIpc) is 3.82. The fourth-order valence-electron chi connectivity index (χ4n) is 8.09. The summed E-state index contributed by atoms with van der Waals surface area (Å²) in [6, 6.07) is 1.61. The van der Waals surface area contributed by atoms with E-state index in [0.29, 0.717) is 70.6 Å². The summed E-state index contributed by atoms with van der Waals surface area (Å²) < 4.78 is 73.9. The van der Waals surface area contributed by atoms with Crippen LogP contribution in [-0.4, -0.2) is 170 Å². The Labute approximate surface area is 432 Å². The summed E-state index contributed by atoms with van der Waals surface area (Å²) in [4.78, 5) is 86.5. The average molecular weight is 1150 g/mol. The van der Waals surface area contributed by atoms with Crippen molar-refractivity contribution in [2.75, 3.05) is 92.9 Å². The number of ether oxygens (including phenoxy) is 13. The molecule has 1 saturated heterocycles. The number of methoxy groups -OCH3 is 1. The first-order valence-electron chi connectivity index (χ1n) is 23.3. The van der Waals surface area contributed by atoms with E-state index in [4.69, 9.17) is 61.6 Å². The second-order valence-corrected chi connectivity index (χ2v) is 18.0. The minimum Gasteiger partial charge on any atom is -0.489 e. The number of aromatic nitrogens is 1. The number of benzene rings is 1. The summed E-state index contributed by atoms with van der Waals surface area (Å²) in [5.41, 5.74) is 0.342. The molecule has 2 aliphatic carbocycles. The third-order valence-corrected chi connectivity index (χ3v) is 12.6. The smallest absolute Gasteiger partial charge is 0.407 e. The monoisotopic (exact) mass is 1150 g/mol. The minimum atomic E-state index is -1.72. The van der Waals surface area contributed by atoms with Gasteiger partial charge >= 0.3 is 36.1 Å². The van der Waals surface area contributed by atoms with Crippen LogP contribution in [0.15, 0.2) is 21.2 Å². The zero-order valence-electron chi connectivity index (χ0n) is 40.7. The van der Waals surface area contributed by atoms with Gasteiger partial charge in [-0.15, -0.1) is 11.8 Å². The van der Waals surface area contributed by atoms with Crippen LogP contribution in [0.3, 0.4) is 0 Å². The highest BCUT2D eigenvalue weighted by molar-refractivity contribution is 9.11. The maximum atomic E-state index is 13.0. The fourth-order valence-corrected chi connectivity index (χ4v) is 9.62. The van der Waals surface area contributed by atoms with Crippen LogP contribution >= 0.6 is 31.9 Å². The number of fused-ring (bicyclic) bond motifs is 2. The van der Waals surface area contributed by atoms with E-state index in [2.05, 4.69) is 54.3 Å². The van der Waals surface area contributed by atoms with Crippen molar-refractivity contribution in [3.8, 4) is 23.3 Å². The van der Waals surface area contributed by atoms with Crippen molar-refractivity contribution in [1.29, 1.82) is 0 Å². The number of nitrogens with one attached hydrogen (secondary N) is 2. The minimum absolute atomic E-state index is 0.00850. The molecule has 3 aliphatic rings. The molecule has 0 unspecified atom stereocenters. The van der Waals surface area contributed by atoms with Crippen LogP contribution in [0.1, 0.15) is 58.2 Å². The van der Waals surface area contributed by atoms with Crippen LogP contribution in [0, 0.1) is 29.6 Å². The zero-order chi connectivity index (χ0) is 52.2. The second kappa shape index (κ2) is 29.5. The normalized spacial score (nSPS) is 22.0. The Balaban J connectivity index is 0.970. The summed E-state index contributed by atoms with van der Waals surface area (Å²) in [6.45, 7) is 7.41. The van der Waals surface area contributed by atoms with Crippen molar-refractivity contribution < 1.29 is 95.1 Å². The van der Waals surface area contributed by atoms with Crippen LogP contribution < -0.4 is 20.1 Å². The molecule has 398 valence electrons. The predicted molar refractivity (Wildman–Crippen MR) is 256 cm³/mol. The summed E-state index contributed by atoms with van der Waals surface area (Å²) in [5.74, 6) is 4.28. The largest absolute Gasteiger partial charge is 0.489 e. The molecule has 25 heteroatoms. The topological polar surface area (TPSA) is 268 Å². The highest BCUT2D eigenvalue weighted by Crippen LogP contribution is 2.52. The number of halogens is 2. The van der Waals surface area contributed by atoms with Crippen molar-refractivity contribution in [3.05, 3.63) is 21.2 Å². The number of amides is 2.